The number of nitrogen functional groups attached to an aromatic ring is 1. The van der Waals surface area contributed by atoms with Gasteiger partial charge in [-0.15, -0.1) is 0 Å². The maximum Gasteiger partial charge on any atom is 0.441 e. The largest absolute Gasteiger partial charge is 0.441 e. The van der Waals surface area contributed by atoms with Crippen LogP contribution in [0.2, 0.25) is 0 Å². The summed E-state index contributed by atoms with van der Waals surface area (Å²) < 4.78 is 48.4. The number of amides is 1. The van der Waals surface area contributed by atoms with Gasteiger partial charge in [0, 0.05) is 12.3 Å². The predicted molar refractivity (Wildman–Crippen MR) is 61.7 cm³/mol. The number of anilines is 1. The summed E-state index contributed by atoms with van der Waals surface area (Å²) in [6.45, 7) is -0.182. The van der Waals surface area contributed by atoms with Crippen molar-refractivity contribution in [2.24, 2.45) is 0 Å². The van der Waals surface area contributed by atoms with Crippen LogP contribution in [0.15, 0.2) is 18.2 Å². The Hall–Kier alpha value is -1.44. The third kappa shape index (κ3) is 4.44. The van der Waals surface area contributed by atoms with Crippen LogP contribution in [0.25, 0.3) is 0 Å². The number of thioether (sulfide) groups is 1. The van der Waals surface area contributed by atoms with E-state index in [4.69, 9.17) is 5.73 Å². The second kappa shape index (κ2) is 5.94. The van der Waals surface area contributed by atoms with Gasteiger partial charge in [0.1, 0.15) is 5.82 Å². The lowest BCUT2D eigenvalue weighted by atomic mass is 10.1. The average Bonchev–Trinajstić information content (AvgIpc) is 2.26. The fourth-order valence-corrected chi connectivity index (χ4v) is 1.60. The summed E-state index contributed by atoms with van der Waals surface area (Å²) in [5.74, 6) is -1.76. The molecule has 0 saturated heterocycles. The van der Waals surface area contributed by atoms with Gasteiger partial charge in [0.2, 0.25) is 0 Å². The minimum atomic E-state index is -4.33. The molecule has 0 bridgehead atoms. The summed E-state index contributed by atoms with van der Waals surface area (Å²) in [4.78, 5) is 11.5. The minimum Gasteiger partial charge on any atom is -0.396 e. The van der Waals surface area contributed by atoms with Crippen molar-refractivity contribution in [3.8, 4) is 0 Å². The summed E-state index contributed by atoms with van der Waals surface area (Å²) in [6.07, 6.45) is 0. The van der Waals surface area contributed by atoms with Gasteiger partial charge in [-0.3, -0.25) is 4.79 Å². The Morgan fingerprint density at radius 2 is 2.06 bits per heavy atom. The van der Waals surface area contributed by atoms with E-state index < -0.39 is 17.2 Å². The van der Waals surface area contributed by atoms with E-state index in [9.17, 15) is 22.4 Å². The highest BCUT2D eigenvalue weighted by atomic mass is 32.2. The first-order valence-corrected chi connectivity index (χ1v) is 5.82. The number of hydrogen-bond donors (Lipinski definition) is 2. The molecule has 0 atom stereocenters. The summed E-state index contributed by atoms with van der Waals surface area (Å²) in [5, 5.41) is 2.23. The number of carbonyl (C=O) groups excluding carboxylic acids is 1. The van der Waals surface area contributed by atoms with Gasteiger partial charge in [-0.05, 0) is 23.9 Å². The van der Waals surface area contributed by atoms with E-state index in [2.05, 4.69) is 5.32 Å². The molecule has 100 valence electrons. The molecule has 8 heteroatoms. The number of benzene rings is 1. The molecule has 3 N–H and O–H groups in total. The van der Waals surface area contributed by atoms with E-state index in [0.717, 1.165) is 6.07 Å². The van der Waals surface area contributed by atoms with Crippen molar-refractivity contribution in [1.29, 1.82) is 0 Å². The molecule has 0 aliphatic carbocycles. The first-order chi connectivity index (χ1) is 8.31. The van der Waals surface area contributed by atoms with Crippen molar-refractivity contribution in [2.45, 2.75) is 5.51 Å². The standard InChI is InChI=1S/C10H10F4N2OS/c11-7-3-1-2-6(8(7)15)9(17)16-4-5-18-10(12,13)14/h1-3H,4-5,15H2,(H,16,17). The Morgan fingerprint density at radius 3 is 2.67 bits per heavy atom. The normalized spacial score (nSPS) is 11.3. The van der Waals surface area contributed by atoms with E-state index in [1.165, 1.54) is 12.1 Å². The van der Waals surface area contributed by atoms with Crippen LogP contribution < -0.4 is 11.1 Å². The minimum absolute atomic E-state index is 0.0907. The van der Waals surface area contributed by atoms with Gasteiger partial charge in [-0.25, -0.2) is 4.39 Å². The van der Waals surface area contributed by atoms with Crippen molar-refractivity contribution in [3.05, 3.63) is 29.6 Å². The number of halogens is 4. The van der Waals surface area contributed by atoms with Gasteiger partial charge >= 0.3 is 5.51 Å². The van der Waals surface area contributed by atoms with E-state index in [0.29, 0.717) is 0 Å². The highest BCUT2D eigenvalue weighted by Crippen LogP contribution is 2.29. The SMILES string of the molecule is Nc1c(F)cccc1C(=O)NCCSC(F)(F)F. The molecule has 0 unspecified atom stereocenters. The maximum atomic E-state index is 13.0. The second-order valence-electron chi connectivity index (χ2n) is 3.25. The van der Waals surface area contributed by atoms with Crippen molar-refractivity contribution < 1.29 is 22.4 Å². The van der Waals surface area contributed by atoms with Crippen molar-refractivity contribution in [1.82, 2.24) is 5.32 Å². The Balaban J connectivity index is 2.49. The Morgan fingerprint density at radius 1 is 1.39 bits per heavy atom. The molecule has 0 fully saturated rings. The summed E-state index contributed by atoms with van der Waals surface area (Å²) in [5.41, 5.74) is 0.594. The third-order valence-electron chi connectivity index (χ3n) is 1.95. The first kappa shape index (κ1) is 14.6. The molecule has 0 aliphatic heterocycles. The molecular formula is C10H10F4N2OS. The highest BCUT2D eigenvalue weighted by molar-refractivity contribution is 8.00. The summed E-state index contributed by atoms with van der Waals surface area (Å²) >= 11 is -0.242. The summed E-state index contributed by atoms with van der Waals surface area (Å²) in [7, 11) is 0. The Kier molecular flexibility index (Phi) is 4.83. The number of nitrogens with two attached hydrogens (primary N) is 1. The van der Waals surface area contributed by atoms with Crippen LogP contribution in [0.3, 0.4) is 0 Å². The molecule has 3 nitrogen and oxygen atoms in total. The van der Waals surface area contributed by atoms with Crippen LogP contribution in [0.1, 0.15) is 10.4 Å². The number of nitrogens with one attached hydrogen (secondary N) is 1. The Labute approximate surface area is 105 Å². The van der Waals surface area contributed by atoms with Crippen LogP contribution in [-0.4, -0.2) is 23.7 Å². The molecule has 0 spiro atoms. The molecular weight excluding hydrogens is 272 g/mol. The van der Waals surface area contributed by atoms with Gasteiger partial charge < -0.3 is 11.1 Å². The van der Waals surface area contributed by atoms with Crippen LogP contribution in [0.5, 0.6) is 0 Å². The zero-order valence-electron chi connectivity index (χ0n) is 9.05. The molecule has 1 aromatic carbocycles. The number of hydrogen-bond acceptors (Lipinski definition) is 3. The van der Waals surface area contributed by atoms with Crippen molar-refractivity contribution in [3.63, 3.8) is 0 Å². The molecule has 0 radical (unpaired) electrons. The van der Waals surface area contributed by atoms with E-state index in [1.54, 1.807) is 0 Å². The van der Waals surface area contributed by atoms with Gasteiger partial charge in [0.25, 0.3) is 5.91 Å². The topological polar surface area (TPSA) is 55.1 Å². The monoisotopic (exact) mass is 282 g/mol. The lowest BCUT2D eigenvalue weighted by Crippen LogP contribution is -2.27. The van der Waals surface area contributed by atoms with E-state index in [-0.39, 0.29) is 35.3 Å². The van der Waals surface area contributed by atoms with Gasteiger partial charge in [-0.2, -0.15) is 13.2 Å². The number of carbonyl (C=O) groups is 1. The fraction of sp³-hybridized carbons (Fsp3) is 0.300. The van der Waals surface area contributed by atoms with E-state index >= 15 is 0 Å². The summed E-state index contributed by atoms with van der Waals surface area (Å²) in [6, 6.07) is 3.68. The zero-order chi connectivity index (χ0) is 13.8. The number of alkyl halides is 3. The molecule has 1 amide bonds. The maximum absolute atomic E-state index is 13.0. The van der Waals surface area contributed by atoms with Crippen LogP contribution in [0, 0.1) is 5.82 Å². The lowest BCUT2D eigenvalue weighted by Gasteiger charge is -2.08. The zero-order valence-corrected chi connectivity index (χ0v) is 9.87. The number of para-hydroxylation sites is 1. The smallest absolute Gasteiger partial charge is 0.396 e. The molecule has 0 heterocycles. The van der Waals surface area contributed by atoms with Crippen molar-refractivity contribution >= 4 is 23.4 Å². The molecule has 0 aliphatic rings. The molecule has 18 heavy (non-hydrogen) atoms. The van der Waals surface area contributed by atoms with Gasteiger partial charge in [-0.1, -0.05) is 6.07 Å². The Bertz CT molecular complexity index is 436. The van der Waals surface area contributed by atoms with Crippen LogP contribution in [0.4, 0.5) is 23.2 Å². The molecule has 0 aromatic heterocycles. The quantitative estimate of drug-likeness (QED) is 0.506. The first-order valence-electron chi connectivity index (χ1n) is 4.84. The van der Waals surface area contributed by atoms with Crippen molar-refractivity contribution in [2.75, 3.05) is 18.0 Å². The molecule has 1 rings (SSSR count). The van der Waals surface area contributed by atoms with Gasteiger partial charge in [0.05, 0.1) is 11.3 Å². The van der Waals surface area contributed by atoms with Gasteiger partial charge in [0.15, 0.2) is 0 Å². The number of rotatable bonds is 4. The lowest BCUT2D eigenvalue weighted by molar-refractivity contribution is -0.0327. The van der Waals surface area contributed by atoms with Crippen LogP contribution in [-0.2, 0) is 0 Å². The third-order valence-corrected chi connectivity index (χ3v) is 2.69. The average molecular weight is 282 g/mol. The molecule has 0 saturated carbocycles. The predicted octanol–water partition coefficient (Wildman–Crippen LogP) is 2.39. The second-order valence-corrected chi connectivity index (χ2v) is 4.41. The molecule has 1 aromatic rings. The highest BCUT2D eigenvalue weighted by Gasteiger charge is 2.27. The van der Waals surface area contributed by atoms with Crippen LogP contribution >= 0.6 is 11.8 Å². The fourth-order valence-electron chi connectivity index (χ4n) is 1.16. The van der Waals surface area contributed by atoms with E-state index in [1.807, 2.05) is 0 Å².